The fourth-order valence-electron chi connectivity index (χ4n) is 2.23. The molecule has 0 atom stereocenters. The Morgan fingerprint density at radius 3 is 2.69 bits per heavy atom. The topological polar surface area (TPSA) is 88.2 Å². The van der Waals surface area contributed by atoms with Crippen molar-refractivity contribution in [2.75, 3.05) is 18.1 Å². The predicted octanol–water partition coefficient (Wildman–Crippen LogP) is 3.08. The summed E-state index contributed by atoms with van der Waals surface area (Å²) < 4.78 is 26.7. The second-order valence-corrected chi connectivity index (χ2v) is 9.29. The Bertz CT molecular complexity index is 1020. The maximum absolute atomic E-state index is 12.1. The molecule has 0 unspecified atom stereocenters. The van der Waals surface area contributed by atoms with Gasteiger partial charge >= 0.3 is 0 Å². The Hall–Kier alpha value is -1.94. The van der Waals surface area contributed by atoms with E-state index in [0.717, 1.165) is 5.75 Å². The van der Waals surface area contributed by atoms with Gasteiger partial charge in [0.05, 0.1) is 20.9 Å². The molecule has 1 aromatic heterocycles. The number of nitrogens with one attached hydrogen (secondary N) is 2. The van der Waals surface area contributed by atoms with Crippen molar-refractivity contribution in [3.05, 3.63) is 54.1 Å². The molecule has 0 bridgehead atoms. The molecule has 0 saturated carbocycles. The highest BCUT2D eigenvalue weighted by Gasteiger charge is 2.14. The highest BCUT2D eigenvalue weighted by atomic mass is 32.2. The molecular formula is C17H17N3O3S3. The van der Waals surface area contributed by atoms with Crippen LogP contribution in [0.25, 0.3) is 10.2 Å². The van der Waals surface area contributed by atoms with Crippen LogP contribution in [0.3, 0.4) is 0 Å². The number of benzene rings is 2. The number of thioether (sulfide) groups is 1. The molecule has 3 rings (SSSR count). The molecule has 9 heteroatoms. The van der Waals surface area contributed by atoms with Crippen LogP contribution in [0, 0.1) is 0 Å². The number of hydrogen-bond acceptors (Lipinski definition) is 6. The van der Waals surface area contributed by atoms with Crippen molar-refractivity contribution < 1.29 is 13.2 Å². The summed E-state index contributed by atoms with van der Waals surface area (Å²) in [4.78, 5) is 16.6. The standard InChI is InChI=1S/C17H17N3O3S3/c1-18-26(22,23)13-7-8-14-15(9-13)25-17(19-14)20-16(21)11-24-10-12-5-3-2-4-6-12/h2-9,18H,10-11H2,1H3,(H,19,20,21). The first-order valence-electron chi connectivity index (χ1n) is 7.73. The number of rotatable bonds is 7. The van der Waals surface area contributed by atoms with E-state index in [9.17, 15) is 13.2 Å². The largest absolute Gasteiger partial charge is 0.301 e. The summed E-state index contributed by atoms with van der Waals surface area (Å²) in [7, 11) is -2.14. The number of sulfonamides is 1. The summed E-state index contributed by atoms with van der Waals surface area (Å²) in [5.74, 6) is 0.955. The van der Waals surface area contributed by atoms with E-state index in [2.05, 4.69) is 15.0 Å². The van der Waals surface area contributed by atoms with Gasteiger partial charge in [0.1, 0.15) is 0 Å². The van der Waals surface area contributed by atoms with E-state index < -0.39 is 10.0 Å². The van der Waals surface area contributed by atoms with Gasteiger partial charge in [0, 0.05) is 5.75 Å². The van der Waals surface area contributed by atoms with Crippen LogP contribution < -0.4 is 10.0 Å². The Morgan fingerprint density at radius 1 is 1.19 bits per heavy atom. The number of anilines is 1. The average Bonchev–Trinajstić information content (AvgIpc) is 3.03. The lowest BCUT2D eigenvalue weighted by molar-refractivity contribution is -0.113. The molecule has 26 heavy (non-hydrogen) atoms. The van der Waals surface area contributed by atoms with Crippen LogP contribution in [0.5, 0.6) is 0 Å². The SMILES string of the molecule is CNS(=O)(=O)c1ccc2nc(NC(=O)CSCc3ccccc3)sc2c1. The van der Waals surface area contributed by atoms with Gasteiger partial charge in [-0.3, -0.25) is 4.79 Å². The van der Waals surface area contributed by atoms with Crippen LogP contribution in [-0.2, 0) is 20.6 Å². The van der Waals surface area contributed by atoms with Crippen molar-refractivity contribution in [1.29, 1.82) is 0 Å². The molecule has 0 aliphatic carbocycles. The number of amides is 1. The molecule has 0 aliphatic rings. The van der Waals surface area contributed by atoms with E-state index in [1.165, 1.54) is 41.8 Å². The number of nitrogens with zero attached hydrogens (tertiary/aromatic N) is 1. The monoisotopic (exact) mass is 407 g/mol. The summed E-state index contributed by atoms with van der Waals surface area (Å²) in [6, 6.07) is 14.6. The Labute approximate surface area is 160 Å². The minimum absolute atomic E-state index is 0.131. The first-order chi connectivity index (χ1) is 12.5. The van der Waals surface area contributed by atoms with E-state index in [4.69, 9.17) is 0 Å². The fourth-order valence-corrected chi connectivity index (χ4v) is 4.77. The predicted molar refractivity (Wildman–Crippen MR) is 107 cm³/mol. The number of thiazole rings is 1. The fraction of sp³-hybridized carbons (Fsp3) is 0.176. The Morgan fingerprint density at radius 2 is 1.96 bits per heavy atom. The smallest absolute Gasteiger partial charge is 0.240 e. The highest BCUT2D eigenvalue weighted by Crippen LogP contribution is 2.28. The molecule has 0 saturated heterocycles. The third kappa shape index (κ3) is 4.61. The molecule has 136 valence electrons. The van der Waals surface area contributed by atoms with E-state index in [1.807, 2.05) is 30.3 Å². The molecule has 0 fully saturated rings. The van der Waals surface area contributed by atoms with Gasteiger partial charge in [-0.05, 0) is 30.8 Å². The molecule has 0 radical (unpaired) electrons. The number of aromatic nitrogens is 1. The van der Waals surface area contributed by atoms with Gasteiger partial charge in [-0.2, -0.15) is 0 Å². The molecule has 1 heterocycles. The van der Waals surface area contributed by atoms with Crippen molar-refractivity contribution in [2.45, 2.75) is 10.6 Å². The lowest BCUT2D eigenvalue weighted by Crippen LogP contribution is -2.18. The lowest BCUT2D eigenvalue weighted by atomic mass is 10.2. The van der Waals surface area contributed by atoms with Gasteiger partial charge in [-0.1, -0.05) is 41.7 Å². The average molecular weight is 408 g/mol. The Kier molecular flexibility index (Phi) is 5.92. The van der Waals surface area contributed by atoms with Crippen LogP contribution >= 0.6 is 23.1 Å². The number of fused-ring (bicyclic) bond motifs is 1. The zero-order valence-corrected chi connectivity index (χ0v) is 16.4. The summed E-state index contributed by atoms with van der Waals surface area (Å²) >= 11 is 2.78. The van der Waals surface area contributed by atoms with Gasteiger partial charge < -0.3 is 5.32 Å². The van der Waals surface area contributed by atoms with Gasteiger partial charge in [0.2, 0.25) is 15.9 Å². The first-order valence-corrected chi connectivity index (χ1v) is 11.2. The maximum atomic E-state index is 12.1. The van der Waals surface area contributed by atoms with Crippen LogP contribution in [0.1, 0.15) is 5.56 Å². The van der Waals surface area contributed by atoms with Crippen LogP contribution in [0.4, 0.5) is 5.13 Å². The van der Waals surface area contributed by atoms with Crippen LogP contribution in [-0.4, -0.2) is 32.1 Å². The van der Waals surface area contributed by atoms with Crippen molar-refractivity contribution >= 4 is 54.4 Å². The van der Waals surface area contributed by atoms with E-state index in [0.29, 0.717) is 21.1 Å². The number of hydrogen-bond donors (Lipinski definition) is 2. The van der Waals surface area contributed by atoms with Gasteiger partial charge in [0.15, 0.2) is 5.13 Å². The zero-order chi connectivity index (χ0) is 18.6. The van der Waals surface area contributed by atoms with Gasteiger partial charge in [-0.15, -0.1) is 11.8 Å². The quantitative estimate of drug-likeness (QED) is 0.628. The number of carbonyl (C=O) groups is 1. The Balaban J connectivity index is 1.62. The molecule has 1 amide bonds. The van der Waals surface area contributed by atoms with Gasteiger partial charge in [0.25, 0.3) is 0 Å². The molecule has 2 N–H and O–H groups in total. The van der Waals surface area contributed by atoms with E-state index in [1.54, 1.807) is 12.1 Å². The van der Waals surface area contributed by atoms with Crippen molar-refractivity contribution in [2.24, 2.45) is 0 Å². The van der Waals surface area contributed by atoms with Crippen molar-refractivity contribution in [3.8, 4) is 0 Å². The summed E-state index contributed by atoms with van der Waals surface area (Å²) in [6.07, 6.45) is 0. The van der Waals surface area contributed by atoms with Crippen molar-refractivity contribution in [1.82, 2.24) is 9.71 Å². The molecule has 2 aromatic carbocycles. The van der Waals surface area contributed by atoms with Crippen LogP contribution in [0.2, 0.25) is 0 Å². The molecule has 0 spiro atoms. The normalized spacial score (nSPS) is 11.6. The summed E-state index contributed by atoms with van der Waals surface area (Å²) in [5.41, 5.74) is 1.82. The molecule has 6 nitrogen and oxygen atoms in total. The van der Waals surface area contributed by atoms with Crippen molar-refractivity contribution in [3.63, 3.8) is 0 Å². The van der Waals surface area contributed by atoms with Gasteiger partial charge in [-0.25, -0.2) is 18.1 Å². The van der Waals surface area contributed by atoms with E-state index >= 15 is 0 Å². The molecular weight excluding hydrogens is 390 g/mol. The van der Waals surface area contributed by atoms with E-state index in [-0.39, 0.29) is 10.8 Å². The summed E-state index contributed by atoms with van der Waals surface area (Å²) in [6.45, 7) is 0. The molecule has 3 aromatic rings. The number of carbonyl (C=O) groups excluding carboxylic acids is 1. The first kappa shape index (κ1) is 18.8. The highest BCUT2D eigenvalue weighted by molar-refractivity contribution is 7.99. The second-order valence-electron chi connectivity index (χ2n) is 5.38. The zero-order valence-electron chi connectivity index (χ0n) is 13.9. The lowest BCUT2D eigenvalue weighted by Gasteiger charge is -2.02. The second kappa shape index (κ2) is 8.17. The summed E-state index contributed by atoms with van der Waals surface area (Å²) in [5, 5.41) is 3.23. The third-order valence-electron chi connectivity index (χ3n) is 3.53. The maximum Gasteiger partial charge on any atom is 0.240 e. The third-order valence-corrected chi connectivity index (χ3v) is 6.88. The molecule has 0 aliphatic heterocycles. The minimum atomic E-state index is -3.50. The van der Waals surface area contributed by atoms with Crippen LogP contribution in [0.15, 0.2) is 53.4 Å². The minimum Gasteiger partial charge on any atom is -0.301 e.